The van der Waals surface area contributed by atoms with Crippen molar-refractivity contribution in [2.75, 3.05) is 5.32 Å². The Morgan fingerprint density at radius 1 is 1.38 bits per heavy atom. The van der Waals surface area contributed by atoms with Crippen molar-refractivity contribution in [2.24, 2.45) is 5.92 Å². The Bertz CT molecular complexity index is 672. The summed E-state index contributed by atoms with van der Waals surface area (Å²) in [6, 6.07) is 8.02. The maximum Gasteiger partial charge on any atom is 0.230 e. The van der Waals surface area contributed by atoms with Gasteiger partial charge in [-0.2, -0.15) is 0 Å². The Kier molecular flexibility index (Phi) is 4.04. The first kappa shape index (κ1) is 13.9. The monoisotopic (exact) mass is 283 g/mol. The van der Waals surface area contributed by atoms with Gasteiger partial charge in [0.05, 0.1) is 11.0 Å². The minimum Gasteiger partial charge on any atom is -0.310 e. The van der Waals surface area contributed by atoms with Crippen molar-refractivity contribution in [2.45, 2.75) is 39.2 Å². The summed E-state index contributed by atoms with van der Waals surface area (Å²) in [5.74, 6) is 0.842. The second-order valence-electron chi connectivity index (χ2n) is 5.55. The topological polar surface area (TPSA) is 46.9 Å². The number of rotatable bonds is 4. The summed E-state index contributed by atoms with van der Waals surface area (Å²) in [5.41, 5.74) is 2.02. The minimum atomic E-state index is 0.0740. The van der Waals surface area contributed by atoms with Crippen LogP contribution in [0.3, 0.4) is 0 Å². The van der Waals surface area contributed by atoms with Crippen molar-refractivity contribution in [3.8, 4) is 0 Å². The number of benzene rings is 1. The SMILES string of the molecule is CCCn1c(NC(=O)C2CC=CCC2)nc2ccccc21. The molecule has 0 aliphatic heterocycles. The van der Waals surface area contributed by atoms with Crippen LogP contribution in [0.15, 0.2) is 36.4 Å². The summed E-state index contributed by atoms with van der Waals surface area (Å²) in [4.78, 5) is 17.0. The summed E-state index contributed by atoms with van der Waals surface area (Å²) < 4.78 is 2.10. The third-order valence-corrected chi connectivity index (χ3v) is 3.98. The van der Waals surface area contributed by atoms with Gasteiger partial charge >= 0.3 is 0 Å². The number of aryl methyl sites for hydroxylation is 1. The number of nitrogens with zero attached hydrogens (tertiary/aromatic N) is 2. The van der Waals surface area contributed by atoms with Crippen LogP contribution in [0.5, 0.6) is 0 Å². The molecule has 110 valence electrons. The number of hydrogen-bond acceptors (Lipinski definition) is 2. The lowest BCUT2D eigenvalue weighted by Gasteiger charge is -2.17. The molecule has 0 saturated heterocycles. The van der Waals surface area contributed by atoms with E-state index < -0.39 is 0 Å². The van der Waals surface area contributed by atoms with Gasteiger partial charge in [-0.15, -0.1) is 0 Å². The Labute approximate surface area is 124 Å². The Morgan fingerprint density at radius 2 is 2.24 bits per heavy atom. The number of amides is 1. The number of anilines is 1. The molecule has 1 atom stereocenters. The zero-order chi connectivity index (χ0) is 14.7. The predicted molar refractivity (Wildman–Crippen MR) is 85.1 cm³/mol. The van der Waals surface area contributed by atoms with E-state index in [0.717, 1.165) is 43.3 Å². The number of aromatic nitrogens is 2. The summed E-state index contributed by atoms with van der Waals surface area (Å²) in [6.07, 6.45) is 8.01. The second kappa shape index (κ2) is 6.12. The Morgan fingerprint density at radius 3 is 3.00 bits per heavy atom. The van der Waals surface area contributed by atoms with E-state index in [0.29, 0.717) is 5.95 Å². The van der Waals surface area contributed by atoms with Gasteiger partial charge in [-0.05, 0) is 37.8 Å². The molecule has 21 heavy (non-hydrogen) atoms. The molecule has 4 heteroatoms. The molecule has 1 N–H and O–H groups in total. The predicted octanol–water partition coefficient (Wildman–Crippen LogP) is 3.74. The van der Waals surface area contributed by atoms with Crippen LogP contribution < -0.4 is 5.32 Å². The van der Waals surface area contributed by atoms with Crippen molar-refractivity contribution in [3.63, 3.8) is 0 Å². The molecular weight excluding hydrogens is 262 g/mol. The van der Waals surface area contributed by atoms with E-state index >= 15 is 0 Å². The first-order chi connectivity index (χ1) is 10.3. The maximum absolute atomic E-state index is 12.4. The molecule has 2 aromatic rings. The molecule has 1 aliphatic carbocycles. The van der Waals surface area contributed by atoms with E-state index in [1.54, 1.807) is 0 Å². The number of hydrogen-bond donors (Lipinski definition) is 1. The van der Waals surface area contributed by atoms with Crippen LogP contribution in [0, 0.1) is 5.92 Å². The minimum absolute atomic E-state index is 0.0740. The fourth-order valence-corrected chi connectivity index (χ4v) is 2.86. The van der Waals surface area contributed by atoms with Gasteiger partial charge in [0.2, 0.25) is 11.9 Å². The molecule has 0 bridgehead atoms. The third kappa shape index (κ3) is 2.84. The van der Waals surface area contributed by atoms with Crippen LogP contribution in [-0.4, -0.2) is 15.5 Å². The number of nitrogens with one attached hydrogen (secondary N) is 1. The number of carbonyl (C=O) groups is 1. The molecule has 0 spiro atoms. The standard InChI is InChI=1S/C17H21N3O/c1-2-12-20-15-11-7-6-10-14(15)18-17(20)19-16(21)13-8-4-3-5-9-13/h3-4,6-7,10-11,13H,2,5,8-9,12H2,1H3,(H,18,19,21). The van der Waals surface area contributed by atoms with Crippen LogP contribution in [-0.2, 0) is 11.3 Å². The lowest BCUT2D eigenvalue weighted by Crippen LogP contribution is -2.25. The van der Waals surface area contributed by atoms with Crippen LogP contribution in [0.4, 0.5) is 5.95 Å². The molecule has 1 heterocycles. The highest BCUT2D eigenvalue weighted by atomic mass is 16.2. The molecule has 1 amide bonds. The third-order valence-electron chi connectivity index (χ3n) is 3.98. The van der Waals surface area contributed by atoms with Gasteiger partial charge in [0.25, 0.3) is 0 Å². The molecular formula is C17H21N3O. The number of para-hydroxylation sites is 2. The highest BCUT2D eigenvalue weighted by Crippen LogP contribution is 2.23. The average molecular weight is 283 g/mol. The number of allylic oxidation sites excluding steroid dienone is 2. The Hall–Kier alpha value is -2.10. The molecule has 4 nitrogen and oxygen atoms in total. The number of carbonyl (C=O) groups excluding carboxylic acids is 1. The van der Waals surface area contributed by atoms with Crippen LogP contribution in [0.2, 0.25) is 0 Å². The first-order valence-corrected chi connectivity index (χ1v) is 7.70. The molecule has 1 unspecified atom stereocenters. The quantitative estimate of drug-likeness (QED) is 0.869. The molecule has 0 fully saturated rings. The number of imidazole rings is 1. The van der Waals surface area contributed by atoms with E-state index in [1.165, 1.54) is 0 Å². The van der Waals surface area contributed by atoms with Crippen molar-refractivity contribution < 1.29 is 4.79 Å². The van der Waals surface area contributed by atoms with Crippen molar-refractivity contribution >= 4 is 22.9 Å². The van der Waals surface area contributed by atoms with E-state index in [2.05, 4.69) is 40.0 Å². The van der Waals surface area contributed by atoms with Crippen LogP contribution in [0.1, 0.15) is 32.6 Å². The molecule has 0 saturated carbocycles. The summed E-state index contributed by atoms with van der Waals surface area (Å²) in [6.45, 7) is 2.99. The highest BCUT2D eigenvalue weighted by molar-refractivity contribution is 5.93. The van der Waals surface area contributed by atoms with Gasteiger partial charge in [0, 0.05) is 12.5 Å². The summed E-state index contributed by atoms with van der Waals surface area (Å²) in [7, 11) is 0. The van der Waals surface area contributed by atoms with E-state index in [-0.39, 0.29) is 11.8 Å². The van der Waals surface area contributed by atoms with E-state index in [9.17, 15) is 4.79 Å². The van der Waals surface area contributed by atoms with Gasteiger partial charge < -0.3 is 4.57 Å². The van der Waals surface area contributed by atoms with Crippen LogP contribution >= 0.6 is 0 Å². The molecule has 1 aromatic carbocycles. The van der Waals surface area contributed by atoms with Gasteiger partial charge in [-0.1, -0.05) is 31.2 Å². The fraction of sp³-hybridized carbons (Fsp3) is 0.412. The lowest BCUT2D eigenvalue weighted by atomic mass is 9.94. The maximum atomic E-state index is 12.4. The summed E-state index contributed by atoms with van der Waals surface area (Å²) >= 11 is 0. The summed E-state index contributed by atoms with van der Waals surface area (Å²) in [5, 5.41) is 3.03. The normalized spacial score (nSPS) is 18.0. The van der Waals surface area contributed by atoms with Gasteiger partial charge in [-0.3, -0.25) is 10.1 Å². The molecule has 0 radical (unpaired) electrons. The van der Waals surface area contributed by atoms with Gasteiger partial charge in [0.1, 0.15) is 0 Å². The molecule has 1 aliphatic rings. The number of fused-ring (bicyclic) bond motifs is 1. The smallest absolute Gasteiger partial charge is 0.230 e. The lowest BCUT2D eigenvalue weighted by molar-refractivity contribution is -0.120. The molecule has 3 rings (SSSR count). The van der Waals surface area contributed by atoms with Gasteiger partial charge in [-0.25, -0.2) is 4.98 Å². The van der Waals surface area contributed by atoms with Crippen LogP contribution in [0.25, 0.3) is 11.0 Å². The highest BCUT2D eigenvalue weighted by Gasteiger charge is 2.21. The van der Waals surface area contributed by atoms with Crippen molar-refractivity contribution in [3.05, 3.63) is 36.4 Å². The molecule has 1 aromatic heterocycles. The zero-order valence-electron chi connectivity index (χ0n) is 12.4. The van der Waals surface area contributed by atoms with Crippen molar-refractivity contribution in [1.82, 2.24) is 9.55 Å². The second-order valence-corrected chi connectivity index (χ2v) is 5.55. The van der Waals surface area contributed by atoms with E-state index in [4.69, 9.17) is 0 Å². The van der Waals surface area contributed by atoms with Gasteiger partial charge in [0.15, 0.2) is 0 Å². The van der Waals surface area contributed by atoms with E-state index in [1.807, 2.05) is 18.2 Å². The first-order valence-electron chi connectivity index (χ1n) is 7.70. The zero-order valence-corrected chi connectivity index (χ0v) is 12.4. The fourth-order valence-electron chi connectivity index (χ4n) is 2.86. The van der Waals surface area contributed by atoms with Crippen molar-refractivity contribution in [1.29, 1.82) is 0 Å². The largest absolute Gasteiger partial charge is 0.310 e. The average Bonchev–Trinajstić information content (AvgIpc) is 2.86. The Balaban J connectivity index is 1.87.